The topological polar surface area (TPSA) is 34.1 Å². The highest BCUT2D eigenvalue weighted by molar-refractivity contribution is 7.09. The Morgan fingerprint density at radius 1 is 1.39 bits per heavy atom. The van der Waals surface area contributed by atoms with Crippen LogP contribution < -0.4 is 5.32 Å². The Hall–Kier alpha value is -0.450. The number of ether oxygens (including phenoxy) is 1. The molecule has 1 saturated heterocycles. The number of nitrogens with one attached hydrogen (secondary N) is 1. The first kappa shape index (κ1) is 12.6. The molecule has 2 heterocycles. The van der Waals surface area contributed by atoms with Crippen LogP contribution in [0.25, 0.3) is 0 Å². The predicted molar refractivity (Wildman–Crippen MR) is 74.1 cm³/mol. The molecule has 1 aliphatic carbocycles. The molecule has 1 saturated carbocycles. The van der Waals surface area contributed by atoms with Gasteiger partial charge in [0.15, 0.2) is 0 Å². The van der Waals surface area contributed by atoms with Crippen LogP contribution in [0.5, 0.6) is 0 Å². The molecule has 4 heteroatoms. The summed E-state index contributed by atoms with van der Waals surface area (Å²) in [5, 5.41) is 7.35. The predicted octanol–water partition coefficient (Wildman–Crippen LogP) is 3.02. The van der Waals surface area contributed by atoms with Crippen molar-refractivity contribution >= 4 is 11.3 Å². The van der Waals surface area contributed by atoms with Gasteiger partial charge in [0.05, 0.1) is 11.2 Å². The van der Waals surface area contributed by atoms with E-state index in [9.17, 15) is 0 Å². The quantitative estimate of drug-likeness (QED) is 0.909. The van der Waals surface area contributed by atoms with E-state index in [0.29, 0.717) is 5.92 Å². The summed E-state index contributed by atoms with van der Waals surface area (Å²) in [6.45, 7) is 6.14. The number of hydrogen-bond donors (Lipinski definition) is 1. The minimum absolute atomic E-state index is 0.0945. The fourth-order valence-corrected chi connectivity index (χ4v) is 3.73. The molecule has 0 radical (unpaired) electrons. The zero-order valence-electron chi connectivity index (χ0n) is 11.2. The Kier molecular flexibility index (Phi) is 3.43. The van der Waals surface area contributed by atoms with Gasteiger partial charge in [0.25, 0.3) is 0 Å². The summed E-state index contributed by atoms with van der Waals surface area (Å²) in [7, 11) is 0. The van der Waals surface area contributed by atoms with Crippen molar-refractivity contribution in [2.45, 2.75) is 57.0 Å². The highest BCUT2D eigenvalue weighted by Crippen LogP contribution is 2.38. The summed E-state index contributed by atoms with van der Waals surface area (Å²) >= 11 is 1.82. The smallest absolute Gasteiger partial charge is 0.113 e. The molecule has 1 aliphatic heterocycles. The van der Waals surface area contributed by atoms with E-state index in [0.717, 1.165) is 32.1 Å². The Labute approximate surface area is 113 Å². The molecule has 1 aromatic heterocycles. The molecule has 100 valence electrons. The van der Waals surface area contributed by atoms with Gasteiger partial charge in [-0.1, -0.05) is 13.8 Å². The van der Waals surface area contributed by atoms with E-state index >= 15 is 0 Å². The second-order valence-corrected chi connectivity index (χ2v) is 6.70. The summed E-state index contributed by atoms with van der Waals surface area (Å²) in [5.74, 6) is 0.521. The number of aromatic nitrogens is 1. The molecule has 1 N–H and O–H groups in total. The summed E-state index contributed by atoms with van der Waals surface area (Å²) in [6, 6.07) is 0.717. The monoisotopic (exact) mass is 266 g/mol. The first-order chi connectivity index (χ1) is 8.70. The molecule has 0 unspecified atom stereocenters. The van der Waals surface area contributed by atoms with Crippen LogP contribution in [-0.2, 0) is 10.3 Å². The van der Waals surface area contributed by atoms with Gasteiger partial charge < -0.3 is 10.1 Å². The average Bonchev–Trinajstić information content (AvgIpc) is 3.02. The van der Waals surface area contributed by atoms with E-state index in [1.807, 2.05) is 11.3 Å². The van der Waals surface area contributed by atoms with Crippen molar-refractivity contribution in [1.82, 2.24) is 10.3 Å². The molecule has 0 bridgehead atoms. The first-order valence-corrected chi connectivity index (χ1v) is 7.89. The molecule has 2 fully saturated rings. The van der Waals surface area contributed by atoms with Crippen LogP contribution >= 0.6 is 11.3 Å². The van der Waals surface area contributed by atoms with Gasteiger partial charge in [-0.15, -0.1) is 11.3 Å². The van der Waals surface area contributed by atoms with Gasteiger partial charge in [0, 0.05) is 24.6 Å². The van der Waals surface area contributed by atoms with E-state index in [-0.39, 0.29) is 5.54 Å². The molecule has 3 rings (SSSR count). The van der Waals surface area contributed by atoms with Crippen LogP contribution in [0.15, 0.2) is 5.38 Å². The van der Waals surface area contributed by atoms with Crippen LogP contribution in [0.4, 0.5) is 0 Å². The van der Waals surface area contributed by atoms with E-state index in [2.05, 4.69) is 24.5 Å². The van der Waals surface area contributed by atoms with E-state index in [1.165, 1.54) is 23.5 Å². The van der Waals surface area contributed by atoms with Gasteiger partial charge >= 0.3 is 0 Å². The summed E-state index contributed by atoms with van der Waals surface area (Å²) in [6.07, 6.45) is 4.78. The van der Waals surface area contributed by atoms with Crippen LogP contribution in [-0.4, -0.2) is 24.2 Å². The molecule has 18 heavy (non-hydrogen) atoms. The zero-order valence-corrected chi connectivity index (χ0v) is 12.1. The summed E-state index contributed by atoms with van der Waals surface area (Å²) < 4.78 is 5.54. The Balaban J connectivity index is 1.85. The van der Waals surface area contributed by atoms with Crippen molar-refractivity contribution in [3.8, 4) is 0 Å². The van der Waals surface area contributed by atoms with Crippen LogP contribution in [0, 0.1) is 0 Å². The van der Waals surface area contributed by atoms with Gasteiger partial charge in [-0.25, -0.2) is 4.98 Å². The lowest BCUT2D eigenvalue weighted by atomic mass is 9.90. The molecule has 1 aromatic rings. The minimum atomic E-state index is 0.0945. The second kappa shape index (κ2) is 4.91. The van der Waals surface area contributed by atoms with Crippen molar-refractivity contribution in [2.75, 3.05) is 13.2 Å². The van der Waals surface area contributed by atoms with Crippen molar-refractivity contribution < 1.29 is 4.74 Å². The van der Waals surface area contributed by atoms with Gasteiger partial charge in [-0.3, -0.25) is 0 Å². The van der Waals surface area contributed by atoms with Gasteiger partial charge in [-0.05, 0) is 31.6 Å². The third-order valence-corrected chi connectivity index (χ3v) is 4.99. The van der Waals surface area contributed by atoms with E-state index < -0.39 is 0 Å². The molecule has 2 aliphatic rings. The standard InChI is InChI=1S/C14H22N2OS/c1-10(2)12-9-18-13(15-12)14(16-11-3-4-11)5-7-17-8-6-14/h9-11,16H,3-8H2,1-2H3. The summed E-state index contributed by atoms with van der Waals surface area (Å²) in [5.41, 5.74) is 1.33. The van der Waals surface area contributed by atoms with Gasteiger partial charge in [0.1, 0.15) is 5.01 Å². The van der Waals surface area contributed by atoms with Gasteiger partial charge in [0.2, 0.25) is 0 Å². The molecular weight excluding hydrogens is 244 g/mol. The maximum absolute atomic E-state index is 5.54. The lowest BCUT2D eigenvalue weighted by Crippen LogP contribution is -2.47. The Morgan fingerprint density at radius 3 is 2.67 bits per heavy atom. The SMILES string of the molecule is CC(C)c1csc(C2(NC3CC3)CCOCC2)n1. The highest BCUT2D eigenvalue weighted by Gasteiger charge is 2.41. The van der Waals surface area contributed by atoms with Crippen LogP contribution in [0.2, 0.25) is 0 Å². The molecule has 0 aromatic carbocycles. The molecule has 0 atom stereocenters. The van der Waals surface area contributed by atoms with Crippen molar-refractivity contribution in [3.05, 3.63) is 16.1 Å². The molecule has 0 amide bonds. The van der Waals surface area contributed by atoms with Crippen molar-refractivity contribution in [2.24, 2.45) is 0 Å². The second-order valence-electron chi connectivity index (χ2n) is 5.85. The lowest BCUT2D eigenvalue weighted by Gasteiger charge is -2.36. The fourth-order valence-electron chi connectivity index (χ4n) is 2.53. The Bertz CT molecular complexity index is 406. The average molecular weight is 266 g/mol. The maximum atomic E-state index is 5.54. The number of hydrogen-bond acceptors (Lipinski definition) is 4. The van der Waals surface area contributed by atoms with Crippen molar-refractivity contribution in [3.63, 3.8) is 0 Å². The molecule has 0 spiro atoms. The normalized spacial score (nSPS) is 23.5. The first-order valence-electron chi connectivity index (χ1n) is 7.01. The maximum Gasteiger partial charge on any atom is 0.113 e. The fraction of sp³-hybridized carbons (Fsp3) is 0.786. The minimum Gasteiger partial charge on any atom is -0.381 e. The number of rotatable bonds is 4. The van der Waals surface area contributed by atoms with Crippen LogP contribution in [0.1, 0.15) is 56.2 Å². The van der Waals surface area contributed by atoms with Gasteiger partial charge in [-0.2, -0.15) is 0 Å². The third-order valence-electron chi connectivity index (χ3n) is 3.93. The Morgan fingerprint density at radius 2 is 2.11 bits per heavy atom. The highest BCUT2D eigenvalue weighted by atomic mass is 32.1. The molecular formula is C14H22N2OS. The third kappa shape index (κ3) is 2.46. The zero-order chi connectivity index (χ0) is 12.6. The van der Waals surface area contributed by atoms with E-state index in [1.54, 1.807) is 0 Å². The molecule has 3 nitrogen and oxygen atoms in total. The number of nitrogens with zero attached hydrogens (tertiary/aromatic N) is 1. The van der Waals surface area contributed by atoms with E-state index in [4.69, 9.17) is 9.72 Å². The van der Waals surface area contributed by atoms with Crippen LogP contribution in [0.3, 0.4) is 0 Å². The summed E-state index contributed by atoms with van der Waals surface area (Å²) in [4.78, 5) is 4.89. The largest absolute Gasteiger partial charge is 0.381 e. The lowest BCUT2D eigenvalue weighted by molar-refractivity contribution is 0.0356. The van der Waals surface area contributed by atoms with Crippen molar-refractivity contribution in [1.29, 1.82) is 0 Å². The number of thiazole rings is 1.